The van der Waals surface area contributed by atoms with E-state index in [0.29, 0.717) is 19.7 Å². The molecule has 6 heteroatoms. The normalized spacial score (nSPS) is 28.9. The molecule has 3 rings (SSSR count). The Morgan fingerprint density at radius 3 is 2.91 bits per heavy atom. The van der Waals surface area contributed by atoms with Crippen LogP contribution in [-0.2, 0) is 9.53 Å². The number of rotatable bonds is 2. The van der Waals surface area contributed by atoms with Crippen LogP contribution in [-0.4, -0.2) is 36.5 Å². The van der Waals surface area contributed by atoms with Gasteiger partial charge in [0.05, 0.1) is 24.1 Å². The third-order valence-corrected chi connectivity index (χ3v) is 4.87. The summed E-state index contributed by atoms with van der Waals surface area (Å²) in [7, 11) is 0. The zero-order valence-corrected chi connectivity index (χ0v) is 13.1. The van der Waals surface area contributed by atoms with Gasteiger partial charge in [0, 0.05) is 12.6 Å². The van der Waals surface area contributed by atoms with Crippen LogP contribution < -0.4 is 5.73 Å². The van der Waals surface area contributed by atoms with E-state index in [1.807, 2.05) is 4.90 Å². The van der Waals surface area contributed by atoms with Crippen LogP contribution in [0, 0.1) is 11.7 Å². The van der Waals surface area contributed by atoms with Gasteiger partial charge in [-0.1, -0.05) is 24.1 Å². The highest BCUT2D eigenvalue weighted by atomic mass is 35.5. The Balaban J connectivity index is 1.71. The van der Waals surface area contributed by atoms with Crippen LogP contribution in [0.1, 0.15) is 30.9 Å². The second-order valence-corrected chi connectivity index (χ2v) is 6.43. The Bertz CT molecular complexity index is 569. The molecule has 0 unspecified atom stereocenters. The summed E-state index contributed by atoms with van der Waals surface area (Å²) in [4.78, 5) is 14.4. The molecule has 1 aromatic carbocycles. The molecule has 1 saturated carbocycles. The number of carbonyl (C=O) groups is 1. The third-order valence-electron chi connectivity index (χ3n) is 4.58. The molecule has 3 atom stereocenters. The van der Waals surface area contributed by atoms with Gasteiger partial charge in [0.2, 0.25) is 5.91 Å². The second kappa shape index (κ2) is 6.52. The summed E-state index contributed by atoms with van der Waals surface area (Å²) >= 11 is 5.83. The Morgan fingerprint density at radius 1 is 1.41 bits per heavy atom. The van der Waals surface area contributed by atoms with Gasteiger partial charge in [0.1, 0.15) is 11.9 Å². The number of ether oxygens (including phenoxy) is 1. The fourth-order valence-corrected chi connectivity index (χ4v) is 3.48. The summed E-state index contributed by atoms with van der Waals surface area (Å²) in [6, 6.07) is 4.52. The van der Waals surface area contributed by atoms with Crippen molar-refractivity contribution < 1.29 is 13.9 Å². The molecule has 0 bridgehead atoms. The first-order valence-electron chi connectivity index (χ1n) is 7.67. The van der Waals surface area contributed by atoms with Gasteiger partial charge in [-0.15, -0.1) is 0 Å². The highest BCUT2D eigenvalue weighted by molar-refractivity contribution is 6.30. The van der Waals surface area contributed by atoms with Crippen molar-refractivity contribution in [3.05, 3.63) is 34.6 Å². The van der Waals surface area contributed by atoms with Gasteiger partial charge >= 0.3 is 0 Å². The average Bonchev–Trinajstić information content (AvgIpc) is 2.95. The molecule has 4 nitrogen and oxygen atoms in total. The lowest BCUT2D eigenvalue weighted by atomic mass is 10.0. The zero-order valence-electron chi connectivity index (χ0n) is 12.3. The predicted molar refractivity (Wildman–Crippen MR) is 82.0 cm³/mol. The molecule has 0 aromatic heterocycles. The summed E-state index contributed by atoms with van der Waals surface area (Å²) in [5, 5.41) is 0.0716. The molecule has 1 aliphatic heterocycles. The first-order valence-corrected chi connectivity index (χ1v) is 8.05. The first-order chi connectivity index (χ1) is 10.6. The van der Waals surface area contributed by atoms with E-state index in [1.165, 1.54) is 6.07 Å². The molecule has 0 spiro atoms. The minimum atomic E-state index is -0.453. The van der Waals surface area contributed by atoms with E-state index in [1.54, 1.807) is 12.1 Å². The molecular weight excluding hydrogens is 307 g/mol. The monoisotopic (exact) mass is 326 g/mol. The molecule has 0 radical (unpaired) electrons. The quantitative estimate of drug-likeness (QED) is 0.908. The van der Waals surface area contributed by atoms with Crippen molar-refractivity contribution in [1.82, 2.24) is 4.90 Å². The second-order valence-electron chi connectivity index (χ2n) is 6.02. The zero-order chi connectivity index (χ0) is 15.7. The number of nitrogens with two attached hydrogens (primary N) is 1. The smallest absolute Gasteiger partial charge is 0.227 e. The Kier molecular flexibility index (Phi) is 4.66. The number of carbonyl (C=O) groups excluding carboxylic acids is 1. The van der Waals surface area contributed by atoms with Crippen LogP contribution >= 0.6 is 11.6 Å². The minimum absolute atomic E-state index is 0.0333. The van der Waals surface area contributed by atoms with Crippen molar-refractivity contribution in [3.63, 3.8) is 0 Å². The van der Waals surface area contributed by atoms with Gasteiger partial charge in [-0.25, -0.2) is 4.39 Å². The van der Waals surface area contributed by atoms with Crippen LogP contribution in [0.5, 0.6) is 0 Å². The Labute approximate surface area is 134 Å². The van der Waals surface area contributed by atoms with E-state index in [2.05, 4.69) is 0 Å². The van der Waals surface area contributed by atoms with Crippen molar-refractivity contribution in [2.24, 2.45) is 11.7 Å². The minimum Gasteiger partial charge on any atom is -0.370 e. The molecule has 1 saturated heterocycles. The third kappa shape index (κ3) is 3.12. The van der Waals surface area contributed by atoms with Crippen LogP contribution in [0.3, 0.4) is 0 Å². The van der Waals surface area contributed by atoms with E-state index in [-0.39, 0.29) is 29.0 Å². The van der Waals surface area contributed by atoms with Crippen LogP contribution in [0.4, 0.5) is 4.39 Å². The van der Waals surface area contributed by atoms with Crippen LogP contribution in [0.25, 0.3) is 0 Å². The molecule has 1 amide bonds. The van der Waals surface area contributed by atoms with Gasteiger partial charge in [-0.05, 0) is 30.5 Å². The maximum absolute atomic E-state index is 13.3. The lowest BCUT2D eigenvalue weighted by molar-refractivity contribution is -0.143. The number of amides is 1. The van der Waals surface area contributed by atoms with Crippen molar-refractivity contribution in [2.75, 3.05) is 19.7 Å². The molecule has 1 aromatic rings. The van der Waals surface area contributed by atoms with Crippen LogP contribution in [0.15, 0.2) is 18.2 Å². The van der Waals surface area contributed by atoms with Gasteiger partial charge in [-0.3, -0.25) is 4.79 Å². The fourth-order valence-electron chi connectivity index (χ4n) is 3.29. The SMILES string of the molecule is N[C@@H]1CCC[C@H]1C(=O)N1CCO[C@@H](c2ccc(F)c(Cl)c2)C1. The number of morpholine rings is 1. The summed E-state index contributed by atoms with van der Waals surface area (Å²) in [5.41, 5.74) is 6.82. The standard InChI is InChI=1S/C16H20ClFN2O2/c17-12-8-10(4-5-13(12)18)15-9-20(6-7-22-15)16(21)11-2-1-3-14(11)19/h4-5,8,11,14-15H,1-3,6-7,9,19H2/t11-,14-,15-/m1/s1. The highest BCUT2D eigenvalue weighted by Gasteiger charge is 2.35. The summed E-state index contributed by atoms with van der Waals surface area (Å²) in [5.74, 6) is -0.409. The predicted octanol–water partition coefficient (Wildman–Crippen LogP) is 2.51. The first kappa shape index (κ1) is 15.7. The lowest BCUT2D eigenvalue weighted by Gasteiger charge is -2.35. The maximum atomic E-state index is 13.3. The van der Waals surface area contributed by atoms with E-state index in [4.69, 9.17) is 22.1 Å². The topological polar surface area (TPSA) is 55.6 Å². The number of benzene rings is 1. The van der Waals surface area contributed by atoms with Gasteiger partial charge in [0.25, 0.3) is 0 Å². The fraction of sp³-hybridized carbons (Fsp3) is 0.562. The van der Waals surface area contributed by atoms with E-state index in [9.17, 15) is 9.18 Å². The number of halogens is 2. The molecule has 1 heterocycles. The molecular formula is C16H20ClFN2O2. The molecule has 1 aliphatic carbocycles. The summed E-state index contributed by atoms with van der Waals surface area (Å²) < 4.78 is 19.0. The summed E-state index contributed by atoms with van der Waals surface area (Å²) in [6.07, 6.45) is 2.52. The van der Waals surface area contributed by atoms with E-state index < -0.39 is 5.82 Å². The average molecular weight is 327 g/mol. The largest absolute Gasteiger partial charge is 0.370 e. The molecule has 120 valence electrons. The number of hydrogen-bond acceptors (Lipinski definition) is 3. The number of hydrogen-bond donors (Lipinski definition) is 1. The molecule has 2 fully saturated rings. The van der Waals surface area contributed by atoms with Crippen LogP contribution in [0.2, 0.25) is 5.02 Å². The Hall–Kier alpha value is -1.17. The lowest BCUT2D eigenvalue weighted by Crippen LogP contribution is -2.47. The van der Waals surface area contributed by atoms with Gasteiger partial charge in [-0.2, -0.15) is 0 Å². The van der Waals surface area contributed by atoms with Gasteiger partial charge in [0.15, 0.2) is 0 Å². The Morgan fingerprint density at radius 2 is 2.23 bits per heavy atom. The number of nitrogens with zero attached hydrogens (tertiary/aromatic N) is 1. The molecule has 2 N–H and O–H groups in total. The van der Waals surface area contributed by atoms with E-state index in [0.717, 1.165) is 24.8 Å². The van der Waals surface area contributed by atoms with Crippen molar-refractivity contribution in [2.45, 2.75) is 31.4 Å². The molecule has 22 heavy (non-hydrogen) atoms. The highest BCUT2D eigenvalue weighted by Crippen LogP contribution is 2.30. The molecule has 2 aliphatic rings. The van der Waals surface area contributed by atoms with Crippen molar-refractivity contribution >= 4 is 17.5 Å². The van der Waals surface area contributed by atoms with Crippen molar-refractivity contribution in [3.8, 4) is 0 Å². The van der Waals surface area contributed by atoms with Crippen molar-refractivity contribution in [1.29, 1.82) is 0 Å². The maximum Gasteiger partial charge on any atom is 0.227 e. The van der Waals surface area contributed by atoms with E-state index >= 15 is 0 Å². The van der Waals surface area contributed by atoms with Gasteiger partial charge < -0.3 is 15.4 Å². The summed E-state index contributed by atoms with van der Waals surface area (Å²) in [6.45, 7) is 1.50.